The molecule has 2 aromatic heterocycles. The van der Waals surface area contributed by atoms with Crippen LogP contribution in [0.4, 0.5) is 5.69 Å². The molecule has 1 amide bonds. The molecule has 0 spiro atoms. The van der Waals surface area contributed by atoms with E-state index in [4.69, 9.17) is 9.26 Å². The molecule has 2 heterocycles. The molecule has 0 unspecified atom stereocenters. The molecule has 11 heteroatoms. The number of esters is 1. The molecule has 1 atom stereocenters. The molecule has 3 rings (SSSR count). The molecule has 0 aliphatic rings. The Morgan fingerprint density at radius 3 is 2.63 bits per heavy atom. The van der Waals surface area contributed by atoms with E-state index in [0.717, 1.165) is 10.1 Å². The van der Waals surface area contributed by atoms with Crippen LogP contribution in [-0.2, 0) is 19.6 Å². The van der Waals surface area contributed by atoms with Crippen molar-refractivity contribution in [1.82, 2.24) is 9.88 Å². The lowest BCUT2D eigenvalue weighted by molar-refractivity contribution is -0.117. The number of ether oxygens (including phenoxy) is 1. The van der Waals surface area contributed by atoms with Crippen LogP contribution in [0.15, 0.2) is 33.7 Å². The summed E-state index contributed by atoms with van der Waals surface area (Å²) in [6.45, 7) is 6.46. The van der Waals surface area contributed by atoms with Crippen LogP contribution in [-0.4, -0.2) is 38.1 Å². The maximum Gasteiger partial charge on any atom is 0.348 e. The molecule has 160 valence electrons. The minimum absolute atomic E-state index is 0.0756. The standard InChI is InChI=1S/C19H21N3O6S2/c1-5-27-19(24)16-9-13-8-14(6-7-15(13)29-16)20-18(23)11(3)22-30(25,26)17-10(2)21-28-12(17)4/h6-9,11,22H,5H2,1-4H3,(H,20,23)/t11-/m0/s1. The van der Waals surface area contributed by atoms with E-state index in [9.17, 15) is 18.0 Å². The Morgan fingerprint density at radius 2 is 2.00 bits per heavy atom. The lowest BCUT2D eigenvalue weighted by Gasteiger charge is -2.14. The summed E-state index contributed by atoms with van der Waals surface area (Å²) < 4.78 is 38.2. The van der Waals surface area contributed by atoms with Crippen molar-refractivity contribution >= 4 is 49.0 Å². The molecule has 0 saturated heterocycles. The van der Waals surface area contributed by atoms with E-state index >= 15 is 0 Å². The lowest BCUT2D eigenvalue weighted by Crippen LogP contribution is -2.41. The summed E-state index contributed by atoms with van der Waals surface area (Å²) in [7, 11) is -3.98. The molecule has 9 nitrogen and oxygen atoms in total. The molecular formula is C19H21N3O6S2. The van der Waals surface area contributed by atoms with Crippen LogP contribution in [0.2, 0.25) is 0 Å². The largest absolute Gasteiger partial charge is 0.462 e. The van der Waals surface area contributed by atoms with Gasteiger partial charge in [0.05, 0.1) is 12.6 Å². The van der Waals surface area contributed by atoms with Crippen LogP contribution < -0.4 is 10.0 Å². The second-order valence-corrected chi connectivity index (χ2v) is 9.30. The third-order valence-electron chi connectivity index (χ3n) is 4.22. The van der Waals surface area contributed by atoms with E-state index < -0.39 is 27.9 Å². The Labute approximate surface area is 177 Å². The van der Waals surface area contributed by atoms with Crippen molar-refractivity contribution in [3.8, 4) is 0 Å². The Morgan fingerprint density at radius 1 is 1.27 bits per heavy atom. The Bertz CT molecular complexity index is 1190. The van der Waals surface area contributed by atoms with Crippen molar-refractivity contribution in [2.75, 3.05) is 11.9 Å². The first-order chi connectivity index (χ1) is 14.1. The van der Waals surface area contributed by atoms with Gasteiger partial charge in [-0.1, -0.05) is 5.16 Å². The molecule has 0 aliphatic carbocycles. The summed E-state index contributed by atoms with van der Waals surface area (Å²) in [5, 5.41) is 7.08. The van der Waals surface area contributed by atoms with Gasteiger partial charge in [-0.25, -0.2) is 13.2 Å². The smallest absolute Gasteiger partial charge is 0.348 e. The number of nitrogens with one attached hydrogen (secondary N) is 2. The summed E-state index contributed by atoms with van der Waals surface area (Å²) in [6.07, 6.45) is 0. The number of carbonyl (C=O) groups is 2. The first kappa shape index (κ1) is 21.9. The highest BCUT2D eigenvalue weighted by Crippen LogP contribution is 2.29. The van der Waals surface area contributed by atoms with E-state index in [-0.39, 0.29) is 23.0 Å². The van der Waals surface area contributed by atoms with Gasteiger partial charge in [0.2, 0.25) is 15.9 Å². The van der Waals surface area contributed by atoms with Gasteiger partial charge < -0.3 is 14.6 Å². The number of hydrogen-bond donors (Lipinski definition) is 2. The van der Waals surface area contributed by atoms with Crippen LogP contribution >= 0.6 is 11.3 Å². The highest BCUT2D eigenvalue weighted by atomic mass is 32.2. The Hall–Kier alpha value is -2.76. The molecule has 3 aromatic rings. The number of hydrogen-bond acceptors (Lipinski definition) is 8. The summed E-state index contributed by atoms with van der Waals surface area (Å²) >= 11 is 1.29. The zero-order chi connectivity index (χ0) is 22.1. The minimum Gasteiger partial charge on any atom is -0.462 e. The van der Waals surface area contributed by atoms with E-state index in [1.54, 1.807) is 31.2 Å². The molecular weight excluding hydrogens is 430 g/mol. The van der Waals surface area contributed by atoms with Crippen molar-refractivity contribution in [1.29, 1.82) is 0 Å². The normalized spacial score (nSPS) is 12.7. The number of fused-ring (bicyclic) bond motifs is 1. The van der Waals surface area contributed by atoms with Crippen LogP contribution in [0.5, 0.6) is 0 Å². The first-order valence-electron chi connectivity index (χ1n) is 9.09. The zero-order valence-electron chi connectivity index (χ0n) is 16.8. The SMILES string of the molecule is CCOC(=O)c1cc2cc(NC(=O)[C@H](C)NS(=O)(=O)c3c(C)noc3C)ccc2s1. The molecule has 1 aromatic carbocycles. The second kappa shape index (κ2) is 8.54. The summed E-state index contributed by atoms with van der Waals surface area (Å²) in [5.74, 6) is -0.787. The van der Waals surface area contributed by atoms with Crippen LogP contribution in [0.1, 0.15) is 35.0 Å². The molecule has 0 radical (unpaired) electrons. The number of benzene rings is 1. The van der Waals surface area contributed by atoms with Crippen molar-refractivity contribution in [2.45, 2.75) is 38.6 Å². The fourth-order valence-electron chi connectivity index (χ4n) is 2.88. The van der Waals surface area contributed by atoms with Crippen molar-refractivity contribution in [2.24, 2.45) is 0 Å². The monoisotopic (exact) mass is 451 g/mol. The van der Waals surface area contributed by atoms with Crippen molar-refractivity contribution < 1.29 is 27.3 Å². The minimum atomic E-state index is -3.98. The molecule has 0 saturated carbocycles. The fourth-order valence-corrected chi connectivity index (χ4v) is 5.35. The van der Waals surface area contributed by atoms with Gasteiger partial charge in [-0.15, -0.1) is 11.3 Å². The maximum atomic E-state index is 12.6. The van der Waals surface area contributed by atoms with Crippen molar-refractivity contribution in [3.63, 3.8) is 0 Å². The Kier molecular flexibility index (Phi) is 6.25. The number of aryl methyl sites for hydroxylation is 2. The number of carbonyl (C=O) groups excluding carboxylic acids is 2. The summed E-state index contributed by atoms with van der Waals surface area (Å²) in [6, 6.07) is 5.81. The lowest BCUT2D eigenvalue weighted by atomic mass is 10.2. The van der Waals surface area contributed by atoms with Gasteiger partial charge in [0, 0.05) is 10.4 Å². The predicted octanol–water partition coefficient (Wildman–Crippen LogP) is 2.99. The fraction of sp³-hybridized carbons (Fsp3) is 0.316. The highest BCUT2D eigenvalue weighted by Gasteiger charge is 2.28. The number of amides is 1. The first-order valence-corrected chi connectivity index (χ1v) is 11.4. The third-order valence-corrected chi connectivity index (χ3v) is 7.10. The molecule has 2 N–H and O–H groups in total. The van der Waals surface area contributed by atoms with Gasteiger partial charge in [-0.2, -0.15) is 4.72 Å². The summed E-state index contributed by atoms with van der Waals surface area (Å²) in [4.78, 5) is 24.8. The van der Waals surface area contributed by atoms with E-state index in [2.05, 4.69) is 15.2 Å². The number of aromatic nitrogens is 1. The van der Waals surface area contributed by atoms with Gasteiger partial charge in [-0.3, -0.25) is 4.79 Å². The van der Waals surface area contributed by atoms with Gasteiger partial charge in [0.25, 0.3) is 0 Å². The van der Waals surface area contributed by atoms with Crippen LogP contribution in [0, 0.1) is 13.8 Å². The van der Waals surface area contributed by atoms with Gasteiger partial charge in [-0.05, 0) is 57.3 Å². The average Bonchev–Trinajstić information content (AvgIpc) is 3.24. The number of sulfonamides is 1. The number of thiophene rings is 1. The molecule has 0 fully saturated rings. The van der Waals surface area contributed by atoms with Crippen LogP contribution in [0.3, 0.4) is 0 Å². The van der Waals surface area contributed by atoms with Gasteiger partial charge in [0.15, 0.2) is 5.76 Å². The Balaban J connectivity index is 1.73. The molecule has 0 aliphatic heterocycles. The van der Waals surface area contributed by atoms with E-state index in [1.807, 2.05) is 0 Å². The molecule has 0 bridgehead atoms. The number of rotatable bonds is 7. The third kappa shape index (κ3) is 4.53. The van der Waals surface area contributed by atoms with Gasteiger partial charge in [0.1, 0.15) is 15.5 Å². The topological polar surface area (TPSA) is 128 Å². The zero-order valence-corrected chi connectivity index (χ0v) is 18.4. The maximum absolute atomic E-state index is 12.6. The average molecular weight is 452 g/mol. The number of nitrogens with zero attached hydrogens (tertiary/aromatic N) is 1. The predicted molar refractivity (Wildman–Crippen MR) is 112 cm³/mol. The quantitative estimate of drug-likeness (QED) is 0.529. The van der Waals surface area contributed by atoms with E-state index in [1.165, 1.54) is 32.1 Å². The van der Waals surface area contributed by atoms with E-state index in [0.29, 0.717) is 10.6 Å². The van der Waals surface area contributed by atoms with Crippen LogP contribution in [0.25, 0.3) is 10.1 Å². The number of anilines is 1. The highest BCUT2D eigenvalue weighted by molar-refractivity contribution is 7.89. The molecule has 30 heavy (non-hydrogen) atoms. The van der Waals surface area contributed by atoms with Crippen molar-refractivity contribution in [3.05, 3.63) is 40.6 Å². The second-order valence-electron chi connectivity index (χ2n) is 6.57. The summed E-state index contributed by atoms with van der Waals surface area (Å²) in [5.41, 5.74) is 0.692. The van der Waals surface area contributed by atoms with Gasteiger partial charge >= 0.3 is 5.97 Å².